The van der Waals surface area contributed by atoms with Crippen molar-refractivity contribution in [1.82, 2.24) is 47.7 Å². The molecule has 0 unspecified atom stereocenters. The van der Waals surface area contributed by atoms with Crippen LogP contribution in [0.25, 0.3) is 89.2 Å². The zero-order valence-corrected chi connectivity index (χ0v) is 63.0. The van der Waals surface area contributed by atoms with E-state index in [2.05, 4.69) is 99.0 Å². The van der Waals surface area contributed by atoms with E-state index >= 15 is 0 Å². The fourth-order valence-electron chi connectivity index (χ4n) is 9.93. The van der Waals surface area contributed by atoms with Crippen LogP contribution in [0.2, 0.25) is 20.1 Å². The van der Waals surface area contributed by atoms with Crippen molar-refractivity contribution in [2.75, 3.05) is 0 Å². The molecule has 0 saturated carbocycles. The first-order valence-corrected chi connectivity index (χ1v) is 34.5. The number of fused-ring (bicyclic) bond motifs is 4. The second kappa shape index (κ2) is 31.0. The fraction of sp³-hybridized carbons (Fsp3) is 0.205. The highest BCUT2D eigenvalue weighted by Gasteiger charge is 2.50. The van der Waals surface area contributed by atoms with Crippen LogP contribution in [0, 0.1) is 23.3 Å². The first-order chi connectivity index (χ1) is 45.7. The smallest absolute Gasteiger partial charge is 0.271 e. The lowest BCUT2D eigenvalue weighted by Crippen LogP contribution is -2.37. The highest BCUT2D eigenvalue weighted by molar-refractivity contribution is 9.10. The van der Waals surface area contributed by atoms with Crippen molar-refractivity contribution in [3.63, 3.8) is 0 Å². The summed E-state index contributed by atoms with van der Waals surface area (Å²) in [7, 11) is 0. The van der Waals surface area contributed by atoms with E-state index in [9.17, 15) is 27.2 Å². The van der Waals surface area contributed by atoms with Gasteiger partial charge in [0, 0.05) is 22.3 Å². The summed E-state index contributed by atoms with van der Waals surface area (Å²) in [5.74, 6) is -1.12. The molecule has 1 saturated heterocycles. The molecule has 0 N–H and O–H groups in total. The van der Waals surface area contributed by atoms with Crippen molar-refractivity contribution in [1.29, 1.82) is 0 Å². The number of para-hydroxylation sites is 4. The minimum absolute atomic E-state index is 0.163. The number of carbonyl (C=O) groups excluding carboxylic acids is 2. The van der Waals surface area contributed by atoms with E-state index in [0.717, 1.165) is 43.3 Å². The molecular formula is C73H60Br4Cl4F4N10O2. The Balaban J connectivity index is 0.000000144. The third kappa shape index (κ3) is 17.3. The second-order valence-corrected chi connectivity index (χ2v) is 31.2. The Morgan fingerprint density at radius 1 is 0.402 bits per heavy atom. The fourth-order valence-corrected chi connectivity index (χ4v) is 12.4. The van der Waals surface area contributed by atoms with Crippen LogP contribution in [-0.4, -0.2) is 65.2 Å². The summed E-state index contributed by atoms with van der Waals surface area (Å²) in [6, 6.07) is 47.1. The van der Waals surface area contributed by atoms with Gasteiger partial charge in [-0.05, 0) is 150 Å². The highest BCUT2D eigenvalue weighted by Crippen LogP contribution is 2.41. The quantitative estimate of drug-likeness (QED) is 0.0624. The zero-order valence-electron chi connectivity index (χ0n) is 53.6. The molecule has 12 aromatic rings. The summed E-state index contributed by atoms with van der Waals surface area (Å²) in [5.41, 5.74) is 13.3. The Morgan fingerprint density at radius 2 is 0.691 bits per heavy atom. The van der Waals surface area contributed by atoms with Gasteiger partial charge in [-0.3, -0.25) is 4.79 Å². The van der Waals surface area contributed by atoms with E-state index in [1.165, 1.54) is 52.5 Å². The number of urea groups is 1. The van der Waals surface area contributed by atoms with Crippen molar-refractivity contribution in [2.24, 2.45) is 0 Å². The summed E-state index contributed by atoms with van der Waals surface area (Å²) in [4.78, 5) is 59.7. The molecule has 4 aromatic heterocycles. The Bertz CT molecular complexity index is 4970. The SMILES string of the molecule is CC(C)(Br)c1nc2c(Cl)cccc2nc1-c1cccc(F)c1.CC(C)(Br)c1nc2cccc(Cl)c2nc1-c1cccc(F)c1.CC(C)c1nc2c(Cl)cccc2nc1-c1cccc(F)c1.CC(C)c1nc2cccc(Cl)c2nc1-c1cccc(F)c1.CC1(C)C(=O)N(Br)C(=O)N1Br. The Morgan fingerprint density at radius 3 is 1.03 bits per heavy atom. The lowest BCUT2D eigenvalue weighted by atomic mass is 10.0. The van der Waals surface area contributed by atoms with Gasteiger partial charge in [0.25, 0.3) is 5.91 Å². The number of carbonyl (C=O) groups is 2. The van der Waals surface area contributed by atoms with Crippen molar-refractivity contribution < 1.29 is 27.2 Å². The van der Waals surface area contributed by atoms with Crippen LogP contribution in [0.15, 0.2) is 170 Å². The molecule has 1 aliphatic heterocycles. The second-order valence-electron chi connectivity index (χ2n) is 24.2. The van der Waals surface area contributed by atoms with E-state index in [1.54, 1.807) is 62.4 Å². The first kappa shape index (κ1) is 74.1. The van der Waals surface area contributed by atoms with Gasteiger partial charge < -0.3 is 0 Å². The average molecular weight is 1650 g/mol. The molecule has 13 rings (SSSR count). The van der Waals surface area contributed by atoms with E-state index < -0.39 is 20.2 Å². The monoisotopic (exact) mass is 1640 g/mol. The molecule has 97 heavy (non-hydrogen) atoms. The van der Waals surface area contributed by atoms with E-state index in [0.29, 0.717) is 92.7 Å². The third-order valence-corrected chi connectivity index (χ3v) is 18.6. The molecule has 498 valence electrons. The number of imide groups is 1. The standard InChI is InChI=1S/2C17H13BrClFN2.2C17H14ClFN2.C5H6Br2N2O2/c1-17(2,18)16-14(10-5-3-6-11(20)9-10)22-15-12(19)7-4-8-13(15)21-16;1-17(2,18)16-14(10-5-3-6-11(20)9-10)21-13-8-4-7-12(19)15(13)22-16;1-10(2)15-16(11-5-3-6-12(19)9-11)20-14-8-4-7-13(18)17(14)21-15;1-10(2)15-16(11-5-3-6-12(19)9-11)21-17-13(18)7-4-8-14(17)20-15;1-5(2)3(10)8(6)4(11)9(5)7/h2*3-9H,1-2H3;2*3-10H,1-2H3;1-2H3. The number of benzene rings is 8. The first-order valence-electron chi connectivity index (χ1n) is 30.0. The summed E-state index contributed by atoms with van der Waals surface area (Å²) < 4.78 is 55.4. The van der Waals surface area contributed by atoms with Gasteiger partial charge >= 0.3 is 6.03 Å². The molecular weight excluding hydrogens is 1590 g/mol. The van der Waals surface area contributed by atoms with Crippen LogP contribution >= 0.6 is 111 Å². The highest BCUT2D eigenvalue weighted by atomic mass is 79.9. The predicted octanol–water partition coefficient (Wildman–Crippen LogP) is 23.5. The largest absolute Gasteiger partial charge is 0.348 e. The molecule has 0 radical (unpaired) electrons. The van der Waals surface area contributed by atoms with Gasteiger partial charge in [0.05, 0.1) is 129 Å². The average Bonchev–Trinajstić information content (AvgIpc) is 1.77. The van der Waals surface area contributed by atoms with Crippen molar-refractivity contribution in [2.45, 2.75) is 95.3 Å². The normalized spacial score (nSPS) is 12.9. The van der Waals surface area contributed by atoms with E-state index in [-0.39, 0.29) is 41.0 Å². The van der Waals surface area contributed by atoms with Gasteiger partial charge in [0.1, 0.15) is 50.9 Å². The molecule has 12 nitrogen and oxygen atoms in total. The number of halogens is 12. The van der Waals surface area contributed by atoms with E-state index in [4.69, 9.17) is 51.4 Å². The van der Waals surface area contributed by atoms with Crippen molar-refractivity contribution in [3.05, 3.63) is 236 Å². The summed E-state index contributed by atoms with van der Waals surface area (Å²) in [5, 5.41) is 2.20. The van der Waals surface area contributed by atoms with Crippen LogP contribution in [0.4, 0.5) is 22.4 Å². The van der Waals surface area contributed by atoms with Gasteiger partial charge in [0.2, 0.25) is 0 Å². The van der Waals surface area contributed by atoms with Gasteiger partial charge in [-0.1, -0.05) is 179 Å². The molecule has 8 aromatic carbocycles. The number of hydrogen-bond acceptors (Lipinski definition) is 10. The number of aromatic nitrogens is 8. The van der Waals surface area contributed by atoms with Crippen molar-refractivity contribution in [3.8, 4) is 45.0 Å². The maximum atomic E-state index is 13.6. The molecule has 1 aliphatic rings. The lowest BCUT2D eigenvalue weighted by molar-refractivity contribution is -0.127. The molecule has 3 amide bonds. The van der Waals surface area contributed by atoms with Gasteiger partial charge in [-0.25, -0.2) is 66.2 Å². The van der Waals surface area contributed by atoms with Crippen LogP contribution in [-0.2, 0) is 13.4 Å². The number of alkyl halides is 2. The number of rotatable bonds is 8. The number of nitrogens with zero attached hydrogens (tertiary/aromatic N) is 10. The molecule has 5 heterocycles. The predicted molar refractivity (Wildman–Crippen MR) is 398 cm³/mol. The lowest BCUT2D eigenvalue weighted by Gasteiger charge is -2.20. The molecule has 24 heteroatoms. The van der Waals surface area contributed by atoms with Gasteiger partial charge in [-0.15, -0.1) is 0 Å². The van der Waals surface area contributed by atoms with Gasteiger partial charge in [0.15, 0.2) is 0 Å². The molecule has 0 bridgehead atoms. The topological polar surface area (TPSA) is 144 Å². The molecule has 0 aliphatic carbocycles. The maximum absolute atomic E-state index is 13.6. The summed E-state index contributed by atoms with van der Waals surface area (Å²) >= 11 is 37.9. The van der Waals surface area contributed by atoms with Gasteiger partial charge in [-0.2, -0.15) is 3.93 Å². The molecule has 1 fully saturated rings. The maximum Gasteiger partial charge on any atom is 0.348 e. The van der Waals surface area contributed by atoms with Crippen LogP contribution in [0.5, 0.6) is 0 Å². The van der Waals surface area contributed by atoms with E-state index in [1.807, 2.05) is 128 Å². The third-order valence-electron chi connectivity index (χ3n) is 14.8. The minimum Gasteiger partial charge on any atom is -0.271 e. The number of amides is 3. The Hall–Kier alpha value is -7.14. The van der Waals surface area contributed by atoms with Crippen LogP contribution in [0.1, 0.15) is 104 Å². The van der Waals surface area contributed by atoms with Crippen molar-refractivity contribution >= 4 is 167 Å². The summed E-state index contributed by atoms with van der Waals surface area (Å²) in [6.07, 6.45) is 0. The van der Waals surface area contributed by atoms with Crippen LogP contribution in [0.3, 0.4) is 0 Å². The minimum atomic E-state index is -0.805. The van der Waals surface area contributed by atoms with Crippen LogP contribution < -0.4 is 0 Å². The summed E-state index contributed by atoms with van der Waals surface area (Å²) in [6.45, 7) is 19.4. The number of hydrogen-bond donors (Lipinski definition) is 0. The Labute approximate surface area is 612 Å². The molecule has 0 atom stereocenters. The zero-order chi connectivity index (χ0) is 70.6. The Kier molecular flexibility index (Phi) is 23.6. The molecule has 0 spiro atoms.